The third-order valence-corrected chi connectivity index (χ3v) is 6.40. The molecule has 4 rings (SSSR count). The average molecular weight is 426 g/mol. The van der Waals surface area contributed by atoms with Gasteiger partial charge in [0.25, 0.3) is 11.5 Å². The van der Waals surface area contributed by atoms with Gasteiger partial charge in [-0.2, -0.15) is 0 Å². The molecular formula is C23H27FN4O3. The number of nitrogens with zero attached hydrogens (tertiary/aromatic N) is 3. The molecule has 31 heavy (non-hydrogen) atoms. The van der Waals surface area contributed by atoms with E-state index in [1.54, 1.807) is 12.1 Å². The largest absolute Gasteiger partial charge is 0.342 e. The molecular weight excluding hydrogens is 399 g/mol. The lowest BCUT2D eigenvalue weighted by Crippen LogP contribution is -2.40. The Bertz CT molecular complexity index is 1070. The summed E-state index contributed by atoms with van der Waals surface area (Å²) in [6.45, 7) is 5.60. The minimum Gasteiger partial charge on any atom is -0.342 e. The molecule has 8 heteroatoms. The van der Waals surface area contributed by atoms with Crippen LogP contribution in [0, 0.1) is 11.7 Å². The summed E-state index contributed by atoms with van der Waals surface area (Å²) < 4.78 is 14.1. The summed E-state index contributed by atoms with van der Waals surface area (Å²) in [4.78, 5) is 48.9. The zero-order valence-corrected chi connectivity index (χ0v) is 17.9. The van der Waals surface area contributed by atoms with E-state index in [2.05, 4.69) is 9.97 Å². The Morgan fingerprint density at radius 1 is 1.26 bits per heavy atom. The third kappa shape index (κ3) is 4.11. The van der Waals surface area contributed by atoms with Crippen LogP contribution < -0.4 is 5.56 Å². The van der Waals surface area contributed by atoms with Crippen LogP contribution in [0.25, 0.3) is 0 Å². The summed E-state index contributed by atoms with van der Waals surface area (Å²) in [6.07, 6.45) is 1.91. The fraction of sp³-hybridized carbons (Fsp3) is 0.478. The highest BCUT2D eigenvalue weighted by molar-refractivity contribution is 5.94. The molecule has 1 fully saturated rings. The summed E-state index contributed by atoms with van der Waals surface area (Å²) in [5.41, 5.74) is 0.962. The number of carbonyl (C=O) groups is 2. The number of hydrogen-bond acceptors (Lipinski definition) is 4. The van der Waals surface area contributed by atoms with Crippen LogP contribution in [0.1, 0.15) is 60.0 Å². The molecule has 0 radical (unpaired) electrons. The summed E-state index contributed by atoms with van der Waals surface area (Å²) in [6, 6.07) is 5.90. The van der Waals surface area contributed by atoms with Crippen molar-refractivity contribution in [1.82, 2.24) is 19.8 Å². The number of benzene rings is 1. The monoisotopic (exact) mass is 426 g/mol. The van der Waals surface area contributed by atoms with Crippen molar-refractivity contribution in [3.8, 4) is 0 Å². The first-order valence-electron chi connectivity index (χ1n) is 10.8. The van der Waals surface area contributed by atoms with Crippen LogP contribution in [-0.4, -0.2) is 51.2 Å². The molecule has 2 aromatic rings. The maximum Gasteiger partial charge on any atom is 0.257 e. The maximum absolute atomic E-state index is 14.1. The Kier molecular flexibility index (Phi) is 5.89. The molecule has 2 aliphatic rings. The summed E-state index contributed by atoms with van der Waals surface area (Å²) in [7, 11) is 0. The van der Waals surface area contributed by atoms with E-state index in [-0.39, 0.29) is 35.4 Å². The number of halogens is 1. The fourth-order valence-electron chi connectivity index (χ4n) is 4.30. The van der Waals surface area contributed by atoms with E-state index in [0.29, 0.717) is 43.1 Å². The lowest BCUT2D eigenvalue weighted by Gasteiger charge is -2.28. The van der Waals surface area contributed by atoms with Gasteiger partial charge in [-0.15, -0.1) is 0 Å². The SMILES string of the molecule is CC[C@H](C)C(=O)N1CC[C@@H](c2nc3c(c(=O)[nH]2)CCN(C(=O)c2ccccc2F)C3)C1. The van der Waals surface area contributed by atoms with Crippen molar-refractivity contribution in [2.45, 2.75) is 45.6 Å². The molecule has 1 saturated heterocycles. The van der Waals surface area contributed by atoms with Gasteiger partial charge in [0.2, 0.25) is 5.91 Å². The zero-order valence-electron chi connectivity index (χ0n) is 17.9. The molecule has 0 unspecified atom stereocenters. The fourth-order valence-corrected chi connectivity index (χ4v) is 4.30. The van der Waals surface area contributed by atoms with Crippen LogP contribution in [-0.2, 0) is 17.8 Å². The van der Waals surface area contributed by atoms with E-state index in [0.717, 1.165) is 12.8 Å². The smallest absolute Gasteiger partial charge is 0.257 e. The van der Waals surface area contributed by atoms with Gasteiger partial charge in [0.15, 0.2) is 0 Å². The molecule has 0 spiro atoms. The third-order valence-electron chi connectivity index (χ3n) is 6.40. The Morgan fingerprint density at radius 2 is 2.03 bits per heavy atom. The second kappa shape index (κ2) is 8.61. The van der Waals surface area contributed by atoms with Gasteiger partial charge in [-0.25, -0.2) is 9.37 Å². The molecule has 0 aliphatic carbocycles. The predicted octanol–water partition coefficient (Wildman–Crippen LogP) is 2.47. The second-order valence-corrected chi connectivity index (χ2v) is 8.41. The number of aromatic amines is 1. The number of likely N-dealkylation sites (tertiary alicyclic amines) is 1. The van der Waals surface area contributed by atoms with E-state index in [1.807, 2.05) is 18.7 Å². The molecule has 3 heterocycles. The van der Waals surface area contributed by atoms with Gasteiger partial charge >= 0.3 is 0 Å². The minimum atomic E-state index is -0.560. The molecule has 0 bridgehead atoms. The van der Waals surface area contributed by atoms with Gasteiger partial charge in [-0.05, 0) is 31.4 Å². The van der Waals surface area contributed by atoms with Crippen molar-refractivity contribution in [2.24, 2.45) is 5.92 Å². The first kappa shape index (κ1) is 21.2. The number of nitrogens with one attached hydrogen (secondary N) is 1. The van der Waals surface area contributed by atoms with E-state index < -0.39 is 11.7 Å². The normalized spacial score (nSPS) is 19.3. The lowest BCUT2D eigenvalue weighted by molar-refractivity contribution is -0.134. The topological polar surface area (TPSA) is 86.4 Å². The number of H-pyrrole nitrogens is 1. The number of rotatable bonds is 4. The van der Waals surface area contributed by atoms with E-state index in [1.165, 1.54) is 17.0 Å². The Labute approximate surface area is 180 Å². The highest BCUT2D eigenvalue weighted by atomic mass is 19.1. The van der Waals surface area contributed by atoms with Crippen molar-refractivity contribution in [1.29, 1.82) is 0 Å². The quantitative estimate of drug-likeness (QED) is 0.814. The predicted molar refractivity (Wildman–Crippen MR) is 113 cm³/mol. The first-order chi connectivity index (χ1) is 14.9. The molecule has 0 saturated carbocycles. The van der Waals surface area contributed by atoms with E-state index >= 15 is 0 Å². The number of hydrogen-bond donors (Lipinski definition) is 1. The molecule has 1 aromatic heterocycles. The van der Waals surface area contributed by atoms with Gasteiger partial charge in [0.05, 0.1) is 17.8 Å². The van der Waals surface area contributed by atoms with Gasteiger partial charge in [0, 0.05) is 37.0 Å². The molecule has 2 atom stereocenters. The highest BCUT2D eigenvalue weighted by Gasteiger charge is 2.32. The van der Waals surface area contributed by atoms with Gasteiger partial charge in [-0.3, -0.25) is 14.4 Å². The van der Waals surface area contributed by atoms with Gasteiger partial charge in [-0.1, -0.05) is 26.0 Å². The summed E-state index contributed by atoms with van der Waals surface area (Å²) in [5, 5.41) is 0. The maximum atomic E-state index is 14.1. The molecule has 1 N–H and O–H groups in total. The van der Waals surface area contributed by atoms with E-state index in [4.69, 9.17) is 0 Å². The Hall–Kier alpha value is -3.03. The molecule has 164 valence electrons. The molecule has 2 aliphatic heterocycles. The molecule has 7 nitrogen and oxygen atoms in total. The van der Waals surface area contributed by atoms with Crippen LogP contribution in [0.2, 0.25) is 0 Å². The summed E-state index contributed by atoms with van der Waals surface area (Å²) >= 11 is 0. The van der Waals surface area contributed by atoms with Crippen LogP contribution in [0.5, 0.6) is 0 Å². The zero-order chi connectivity index (χ0) is 22.1. The minimum absolute atomic E-state index is 0.0194. The van der Waals surface area contributed by atoms with Crippen LogP contribution in [0.3, 0.4) is 0 Å². The second-order valence-electron chi connectivity index (χ2n) is 8.41. The average Bonchev–Trinajstić information content (AvgIpc) is 3.28. The summed E-state index contributed by atoms with van der Waals surface area (Å²) in [5.74, 6) is -0.334. The Balaban J connectivity index is 1.54. The van der Waals surface area contributed by atoms with Gasteiger partial charge < -0.3 is 14.8 Å². The number of fused-ring (bicyclic) bond motifs is 1. The first-order valence-corrected chi connectivity index (χ1v) is 10.8. The van der Waals surface area contributed by atoms with Crippen molar-refractivity contribution in [3.05, 3.63) is 63.1 Å². The van der Waals surface area contributed by atoms with Crippen LogP contribution in [0.15, 0.2) is 29.1 Å². The van der Waals surface area contributed by atoms with Gasteiger partial charge in [0.1, 0.15) is 11.6 Å². The lowest BCUT2D eigenvalue weighted by atomic mass is 10.0. The van der Waals surface area contributed by atoms with Crippen molar-refractivity contribution < 1.29 is 14.0 Å². The Morgan fingerprint density at radius 3 is 2.77 bits per heavy atom. The standard InChI is InChI=1S/C23H27FN4O3/c1-3-14(2)22(30)27-10-8-15(12-27)20-25-19-13-28(11-9-17(19)21(29)26-20)23(31)16-6-4-5-7-18(16)24/h4-7,14-15H,3,8-13H2,1-2H3,(H,25,26,29)/t14-,15+/m0/s1. The number of amides is 2. The number of carbonyl (C=O) groups excluding carboxylic acids is 2. The highest BCUT2D eigenvalue weighted by Crippen LogP contribution is 2.27. The van der Waals surface area contributed by atoms with Crippen molar-refractivity contribution in [2.75, 3.05) is 19.6 Å². The van der Waals surface area contributed by atoms with Crippen molar-refractivity contribution >= 4 is 11.8 Å². The molecule has 1 aromatic carbocycles. The van der Waals surface area contributed by atoms with Crippen LogP contribution in [0.4, 0.5) is 4.39 Å². The molecule has 2 amide bonds. The number of aromatic nitrogens is 2. The van der Waals surface area contributed by atoms with E-state index in [9.17, 15) is 18.8 Å². The van der Waals surface area contributed by atoms with Crippen molar-refractivity contribution in [3.63, 3.8) is 0 Å². The van der Waals surface area contributed by atoms with Crippen LogP contribution >= 0.6 is 0 Å².